The lowest BCUT2D eigenvalue weighted by Crippen LogP contribution is -2.04. The number of hydrogen-bond acceptors (Lipinski definition) is 5. The van der Waals surface area contributed by atoms with Gasteiger partial charge in [-0.2, -0.15) is 0 Å². The molecule has 3 rings (SSSR count). The second-order valence-corrected chi connectivity index (χ2v) is 5.18. The Kier molecular flexibility index (Phi) is 2.85. The van der Waals surface area contributed by atoms with Crippen molar-refractivity contribution in [3.8, 4) is 10.6 Å². The maximum absolute atomic E-state index is 5.32. The molecule has 1 N–H and O–H groups in total. The maximum Gasteiger partial charge on any atom is 0.181 e. The van der Waals surface area contributed by atoms with Gasteiger partial charge in [0.2, 0.25) is 0 Å². The van der Waals surface area contributed by atoms with E-state index < -0.39 is 0 Å². The third kappa shape index (κ3) is 1.91. The summed E-state index contributed by atoms with van der Waals surface area (Å²) in [6, 6.07) is 5.98. The van der Waals surface area contributed by atoms with Crippen LogP contribution in [0, 0.1) is 6.92 Å². The molecule has 0 aliphatic rings. The Bertz CT molecular complexity index is 686. The summed E-state index contributed by atoms with van der Waals surface area (Å²) in [4.78, 5) is 9.99. The van der Waals surface area contributed by atoms with Crippen molar-refractivity contribution >= 4 is 22.4 Å². The highest BCUT2D eigenvalue weighted by atomic mass is 32.1. The van der Waals surface area contributed by atoms with Gasteiger partial charge in [0.1, 0.15) is 10.5 Å². The first kappa shape index (κ1) is 11.4. The van der Waals surface area contributed by atoms with Crippen molar-refractivity contribution in [2.75, 3.05) is 7.05 Å². The summed E-state index contributed by atoms with van der Waals surface area (Å²) in [5, 5.41) is 4.18. The quantitative estimate of drug-likeness (QED) is 0.785. The molecular weight excluding hydrogens is 246 g/mol. The first-order valence-corrected chi connectivity index (χ1v) is 6.54. The SMILES string of the molecule is CNCc1sc(-c2ccc3ncoc3c2)nc1C. The third-order valence-corrected chi connectivity index (χ3v) is 4.01. The summed E-state index contributed by atoms with van der Waals surface area (Å²) in [7, 11) is 1.94. The Morgan fingerprint density at radius 2 is 2.28 bits per heavy atom. The van der Waals surface area contributed by atoms with Crippen molar-refractivity contribution in [2.45, 2.75) is 13.5 Å². The number of aromatic nitrogens is 2. The molecule has 0 spiro atoms. The van der Waals surface area contributed by atoms with E-state index in [4.69, 9.17) is 4.42 Å². The number of nitrogens with one attached hydrogen (secondary N) is 1. The fourth-order valence-electron chi connectivity index (χ4n) is 1.86. The van der Waals surface area contributed by atoms with Crippen LogP contribution in [0.2, 0.25) is 0 Å². The second kappa shape index (κ2) is 4.51. The van der Waals surface area contributed by atoms with Gasteiger partial charge in [0, 0.05) is 17.0 Å². The standard InChI is InChI=1S/C13H13N3OS/c1-8-12(6-14-2)18-13(16-8)9-3-4-10-11(5-9)17-7-15-10/h3-5,7,14H,6H2,1-2H3. The second-order valence-electron chi connectivity index (χ2n) is 4.09. The smallest absolute Gasteiger partial charge is 0.181 e. The van der Waals surface area contributed by atoms with Gasteiger partial charge in [-0.1, -0.05) is 0 Å². The molecule has 0 saturated carbocycles. The highest BCUT2D eigenvalue weighted by Gasteiger charge is 2.10. The van der Waals surface area contributed by atoms with Gasteiger partial charge < -0.3 is 9.73 Å². The van der Waals surface area contributed by atoms with E-state index >= 15 is 0 Å². The molecule has 0 fully saturated rings. The van der Waals surface area contributed by atoms with Crippen LogP contribution in [0.25, 0.3) is 21.7 Å². The van der Waals surface area contributed by atoms with Crippen molar-refractivity contribution in [3.05, 3.63) is 35.2 Å². The van der Waals surface area contributed by atoms with Crippen LogP contribution in [0.4, 0.5) is 0 Å². The molecule has 2 heterocycles. The molecule has 3 aromatic rings. The summed E-state index contributed by atoms with van der Waals surface area (Å²) in [6.45, 7) is 2.90. The number of rotatable bonds is 3. The number of oxazole rings is 1. The Labute approximate surface area is 109 Å². The van der Waals surface area contributed by atoms with E-state index in [0.29, 0.717) is 0 Å². The van der Waals surface area contributed by atoms with Crippen molar-refractivity contribution in [1.29, 1.82) is 0 Å². The van der Waals surface area contributed by atoms with Crippen molar-refractivity contribution in [3.63, 3.8) is 0 Å². The molecule has 5 heteroatoms. The first-order chi connectivity index (χ1) is 8.78. The fourth-order valence-corrected chi connectivity index (χ4v) is 2.93. The minimum atomic E-state index is 0.801. The molecule has 0 bridgehead atoms. The zero-order valence-corrected chi connectivity index (χ0v) is 11.0. The minimum absolute atomic E-state index is 0.801. The lowest BCUT2D eigenvalue weighted by molar-refractivity contribution is 0.602. The first-order valence-electron chi connectivity index (χ1n) is 5.72. The molecule has 0 aliphatic heterocycles. The van der Waals surface area contributed by atoms with Crippen molar-refractivity contribution < 1.29 is 4.42 Å². The molecule has 18 heavy (non-hydrogen) atoms. The molecule has 0 amide bonds. The largest absolute Gasteiger partial charge is 0.443 e. The summed E-state index contributed by atoms with van der Waals surface area (Å²) in [5.41, 5.74) is 3.84. The monoisotopic (exact) mass is 259 g/mol. The normalized spacial score (nSPS) is 11.2. The van der Waals surface area contributed by atoms with Crippen LogP contribution in [0.1, 0.15) is 10.6 Å². The highest BCUT2D eigenvalue weighted by molar-refractivity contribution is 7.15. The lowest BCUT2D eigenvalue weighted by Gasteiger charge is -1.95. The molecule has 2 aromatic heterocycles. The molecule has 0 saturated heterocycles. The third-order valence-electron chi connectivity index (χ3n) is 2.81. The summed E-state index contributed by atoms with van der Waals surface area (Å²) in [6.07, 6.45) is 1.47. The van der Waals surface area contributed by atoms with Crippen LogP contribution in [-0.2, 0) is 6.54 Å². The molecule has 1 aromatic carbocycles. The number of nitrogens with zero attached hydrogens (tertiary/aromatic N) is 2. The summed E-state index contributed by atoms with van der Waals surface area (Å²) >= 11 is 1.71. The average Bonchev–Trinajstić information content (AvgIpc) is 2.96. The molecular formula is C13H13N3OS. The van der Waals surface area contributed by atoms with Gasteiger partial charge >= 0.3 is 0 Å². The van der Waals surface area contributed by atoms with Gasteiger partial charge in [-0.05, 0) is 32.2 Å². The van der Waals surface area contributed by atoms with Crippen LogP contribution < -0.4 is 5.32 Å². The Hall–Kier alpha value is -1.72. The van der Waals surface area contributed by atoms with Gasteiger partial charge in [-0.25, -0.2) is 9.97 Å². The van der Waals surface area contributed by atoms with Crippen LogP contribution in [0.15, 0.2) is 29.0 Å². The Morgan fingerprint density at radius 3 is 3.11 bits per heavy atom. The number of aryl methyl sites for hydroxylation is 1. The maximum atomic E-state index is 5.32. The molecule has 0 aliphatic carbocycles. The minimum Gasteiger partial charge on any atom is -0.443 e. The topological polar surface area (TPSA) is 51.0 Å². The van der Waals surface area contributed by atoms with Crippen LogP contribution in [-0.4, -0.2) is 17.0 Å². The Balaban J connectivity index is 2.05. The van der Waals surface area contributed by atoms with Crippen LogP contribution >= 0.6 is 11.3 Å². The van der Waals surface area contributed by atoms with Gasteiger partial charge in [-0.3, -0.25) is 0 Å². The van der Waals surface area contributed by atoms with Crippen LogP contribution in [0.5, 0.6) is 0 Å². The van der Waals surface area contributed by atoms with E-state index in [1.807, 2.05) is 32.2 Å². The number of thiazole rings is 1. The van der Waals surface area contributed by atoms with Gasteiger partial charge in [0.15, 0.2) is 12.0 Å². The number of fused-ring (bicyclic) bond motifs is 1. The van der Waals surface area contributed by atoms with Gasteiger partial charge in [0.25, 0.3) is 0 Å². The summed E-state index contributed by atoms with van der Waals surface area (Å²) < 4.78 is 5.32. The van der Waals surface area contributed by atoms with Gasteiger partial charge in [-0.15, -0.1) is 11.3 Å². The lowest BCUT2D eigenvalue weighted by atomic mass is 10.2. The molecule has 0 unspecified atom stereocenters. The zero-order chi connectivity index (χ0) is 12.5. The molecule has 4 nitrogen and oxygen atoms in total. The average molecular weight is 259 g/mol. The predicted molar refractivity (Wildman–Crippen MR) is 72.6 cm³/mol. The zero-order valence-electron chi connectivity index (χ0n) is 10.2. The van der Waals surface area contributed by atoms with Gasteiger partial charge in [0.05, 0.1) is 5.69 Å². The van der Waals surface area contributed by atoms with E-state index in [0.717, 1.165) is 33.9 Å². The highest BCUT2D eigenvalue weighted by Crippen LogP contribution is 2.29. The van der Waals surface area contributed by atoms with Crippen LogP contribution in [0.3, 0.4) is 0 Å². The number of hydrogen-bond donors (Lipinski definition) is 1. The van der Waals surface area contributed by atoms with E-state index in [-0.39, 0.29) is 0 Å². The van der Waals surface area contributed by atoms with E-state index in [1.54, 1.807) is 11.3 Å². The van der Waals surface area contributed by atoms with E-state index in [1.165, 1.54) is 11.3 Å². The fraction of sp³-hybridized carbons (Fsp3) is 0.231. The molecule has 92 valence electrons. The predicted octanol–water partition coefficient (Wildman–Crippen LogP) is 2.98. The number of benzene rings is 1. The Morgan fingerprint density at radius 1 is 1.39 bits per heavy atom. The van der Waals surface area contributed by atoms with E-state index in [9.17, 15) is 0 Å². The molecule has 0 atom stereocenters. The summed E-state index contributed by atoms with van der Waals surface area (Å²) in [5.74, 6) is 0. The van der Waals surface area contributed by atoms with Crippen molar-refractivity contribution in [1.82, 2.24) is 15.3 Å². The van der Waals surface area contributed by atoms with E-state index in [2.05, 4.69) is 15.3 Å². The van der Waals surface area contributed by atoms with Crippen molar-refractivity contribution in [2.24, 2.45) is 0 Å². The molecule has 0 radical (unpaired) electrons.